The van der Waals surface area contributed by atoms with Crippen LogP contribution in [0.1, 0.15) is 17.8 Å². The highest BCUT2D eigenvalue weighted by atomic mass is 32.2. The number of rotatable bonds is 4. The van der Waals surface area contributed by atoms with E-state index in [1.54, 1.807) is 14.0 Å². The summed E-state index contributed by atoms with van der Waals surface area (Å²) in [5.41, 5.74) is 5.57. The predicted molar refractivity (Wildman–Crippen MR) is 70.7 cm³/mol. The van der Waals surface area contributed by atoms with Crippen molar-refractivity contribution in [3.05, 3.63) is 28.7 Å². The van der Waals surface area contributed by atoms with Gasteiger partial charge in [-0.25, -0.2) is 18.1 Å². The van der Waals surface area contributed by atoms with Crippen LogP contribution < -0.4 is 10.5 Å². The minimum atomic E-state index is -3.67. The van der Waals surface area contributed by atoms with E-state index in [9.17, 15) is 8.42 Å². The van der Waals surface area contributed by atoms with Crippen LogP contribution in [-0.4, -0.2) is 18.0 Å². The van der Waals surface area contributed by atoms with Crippen LogP contribution in [0.25, 0.3) is 0 Å². The Morgan fingerprint density at radius 3 is 2.78 bits per heavy atom. The summed E-state index contributed by atoms with van der Waals surface area (Å²) in [7, 11) is -2.08. The Labute approximate surface area is 110 Å². The van der Waals surface area contributed by atoms with Crippen LogP contribution in [0.2, 0.25) is 0 Å². The number of imidazole rings is 1. The molecule has 0 saturated carbocycles. The number of sulfonamides is 1. The lowest BCUT2D eigenvalue weighted by molar-refractivity contribution is 0.559. The molecule has 2 rings (SSSR count). The molecule has 0 radical (unpaired) electrons. The van der Waals surface area contributed by atoms with Gasteiger partial charge in [-0.05, 0) is 18.4 Å². The molecule has 18 heavy (non-hydrogen) atoms. The van der Waals surface area contributed by atoms with Crippen LogP contribution in [0, 0.1) is 0 Å². The predicted octanol–water partition coefficient (Wildman–Crippen LogP) is 1.10. The number of nitrogens with one attached hydrogen (secondary N) is 1. The molecule has 1 unspecified atom stereocenters. The van der Waals surface area contributed by atoms with Gasteiger partial charge in [0.25, 0.3) is 10.0 Å². The SMILES string of the molecule is CC(NS(=O)(=O)c1c(N)ncn1C)c1cccs1. The largest absolute Gasteiger partial charge is 0.381 e. The number of hydrogen-bond acceptors (Lipinski definition) is 5. The van der Waals surface area contributed by atoms with E-state index in [4.69, 9.17) is 5.73 Å². The molecule has 0 spiro atoms. The van der Waals surface area contributed by atoms with Crippen molar-refractivity contribution in [2.45, 2.75) is 18.0 Å². The maximum atomic E-state index is 12.2. The summed E-state index contributed by atoms with van der Waals surface area (Å²) < 4.78 is 28.4. The van der Waals surface area contributed by atoms with Gasteiger partial charge in [0.1, 0.15) is 0 Å². The lowest BCUT2D eigenvalue weighted by Gasteiger charge is -2.13. The number of hydrogen-bond donors (Lipinski definition) is 2. The molecule has 1 atom stereocenters. The molecule has 6 nitrogen and oxygen atoms in total. The zero-order valence-electron chi connectivity index (χ0n) is 9.99. The summed E-state index contributed by atoms with van der Waals surface area (Å²) in [5.74, 6) is 0.00313. The second kappa shape index (κ2) is 4.71. The average Bonchev–Trinajstić information content (AvgIpc) is 2.87. The first kappa shape index (κ1) is 13.1. The van der Waals surface area contributed by atoms with Crippen molar-refractivity contribution in [2.24, 2.45) is 7.05 Å². The summed E-state index contributed by atoms with van der Waals surface area (Å²) in [6.07, 6.45) is 1.37. The van der Waals surface area contributed by atoms with Crippen molar-refractivity contribution in [3.63, 3.8) is 0 Å². The van der Waals surface area contributed by atoms with Crippen molar-refractivity contribution in [3.8, 4) is 0 Å². The van der Waals surface area contributed by atoms with Gasteiger partial charge in [-0.1, -0.05) is 6.07 Å². The summed E-state index contributed by atoms with van der Waals surface area (Å²) in [5, 5.41) is 1.89. The molecular weight excluding hydrogens is 272 g/mol. The van der Waals surface area contributed by atoms with Crippen molar-refractivity contribution in [1.29, 1.82) is 0 Å². The maximum Gasteiger partial charge on any atom is 0.260 e. The van der Waals surface area contributed by atoms with Gasteiger partial charge in [-0.2, -0.15) is 0 Å². The number of nitrogen functional groups attached to an aromatic ring is 1. The molecule has 2 aromatic rings. The Morgan fingerprint density at radius 1 is 1.56 bits per heavy atom. The number of aromatic nitrogens is 2. The minimum Gasteiger partial charge on any atom is -0.381 e. The van der Waals surface area contributed by atoms with E-state index in [2.05, 4.69) is 9.71 Å². The quantitative estimate of drug-likeness (QED) is 0.880. The molecule has 2 aromatic heterocycles. The highest BCUT2D eigenvalue weighted by Gasteiger charge is 2.24. The van der Waals surface area contributed by atoms with Crippen LogP contribution in [0.5, 0.6) is 0 Å². The monoisotopic (exact) mass is 286 g/mol. The second-order valence-corrected chi connectivity index (χ2v) is 6.51. The summed E-state index contributed by atoms with van der Waals surface area (Å²) >= 11 is 1.50. The highest BCUT2D eigenvalue weighted by Crippen LogP contribution is 2.22. The summed E-state index contributed by atoms with van der Waals surface area (Å²) in [4.78, 5) is 4.72. The van der Waals surface area contributed by atoms with Crippen LogP contribution in [0.3, 0.4) is 0 Å². The van der Waals surface area contributed by atoms with Crippen LogP contribution in [0.15, 0.2) is 28.9 Å². The van der Waals surface area contributed by atoms with Gasteiger partial charge in [0, 0.05) is 11.9 Å². The molecule has 0 aliphatic heterocycles. The number of aryl methyl sites for hydroxylation is 1. The minimum absolute atomic E-state index is 0.00313. The third-order valence-electron chi connectivity index (χ3n) is 2.47. The third-order valence-corrected chi connectivity index (χ3v) is 5.19. The molecule has 0 aliphatic carbocycles. The van der Waals surface area contributed by atoms with E-state index in [1.165, 1.54) is 22.2 Å². The smallest absolute Gasteiger partial charge is 0.260 e. The van der Waals surface area contributed by atoms with E-state index in [0.29, 0.717) is 0 Å². The fourth-order valence-corrected chi connectivity index (χ4v) is 3.92. The average molecular weight is 286 g/mol. The summed E-state index contributed by atoms with van der Waals surface area (Å²) in [6.45, 7) is 1.79. The van der Waals surface area contributed by atoms with E-state index >= 15 is 0 Å². The second-order valence-electron chi connectivity index (χ2n) is 3.90. The fraction of sp³-hybridized carbons (Fsp3) is 0.300. The van der Waals surface area contributed by atoms with Crippen LogP contribution >= 0.6 is 11.3 Å². The molecule has 0 amide bonds. The fourth-order valence-electron chi connectivity index (χ4n) is 1.65. The van der Waals surface area contributed by atoms with Crippen molar-refractivity contribution < 1.29 is 8.42 Å². The Balaban J connectivity index is 2.28. The number of nitrogens with two attached hydrogens (primary N) is 1. The van der Waals surface area contributed by atoms with Gasteiger partial charge < -0.3 is 10.3 Å². The Morgan fingerprint density at radius 2 is 2.28 bits per heavy atom. The molecule has 0 aromatic carbocycles. The van der Waals surface area contributed by atoms with Crippen molar-refractivity contribution in [1.82, 2.24) is 14.3 Å². The Hall–Kier alpha value is -1.38. The topological polar surface area (TPSA) is 90.0 Å². The van der Waals surface area contributed by atoms with Gasteiger partial charge in [-0.15, -0.1) is 11.3 Å². The first-order chi connectivity index (χ1) is 8.42. The summed E-state index contributed by atoms with van der Waals surface area (Å²) in [6, 6.07) is 3.46. The molecule has 98 valence electrons. The standard InChI is InChI=1S/C10H14N4O2S2/c1-7(8-4-3-5-17-8)13-18(15,16)10-9(11)12-6-14(10)2/h3-7,13H,11H2,1-2H3. The molecule has 0 bridgehead atoms. The molecule has 2 heterocycles. The van der Waals surface area contributed by atoms with Gasteiger partial charge in [0.05, 0.1) is 12.4 Å². The maximum absolute atomic E-state index is 12.2. The first-order valence-corrected chi connectivity index (χ1v) is 7.60. The third kappa shape index (κ3) is 2.40. The van der Waals surface area contributed by atoms with Gasteiger partial charge in [0.15, 0.2) is 10.8 Å². The number of nitrogens with zero attached hydrogens (tertiary/aromatic N) is 2. The van der Waals surface area contributed by atoms with E-state index in [1.807, 2.05) is 17.5 Å². The molecule has 0 saturated heterocycles. The molecular formula is C10H14N4O2S2. The Bertz CT molecular complexity index is 611. The molecule has 8 heteroatoms. The Kier molecular flexibility index (Phi) is 3.42. The molecule has 0 fully saturated rings. The van der Waals surface area contributed by atoms with Gasteiger partial charge in [0.2, 0.25) is 0 Å². The van der Waals surface area contributed by atoms with Crippen LogP contribution in [-0.2, 0) is 17.1 Å². The van der Waals surface area contributed by atoms with Gasteiger partial charge >= 0.3 is 0 Å². The number of anilines is 1. The van der Waals surface area contributed by atoms with Crippen molar-refractivity contribution >= 4 is 27.2 Å². The van der Waals surface area contributed by atoms with Crippen molar-refractivity contribution in [2.75, 3.05) is 5.73 Å². The molecule has 3 N–H and O–H groups in total. The van der Waals surface area contributed by atoms with Crippen LogP contribution in [0.4, 0.5) is 5.82 Å². The number of thiophene rings is 1. The molecule has 0 aliphatic rings. The lowest BCUT2D eigenvalue weighted by atomic mass is 10.3. The zero-order chi connectivity index (χ0) is 13.3. The van der Waals surface area contributed by atoms with E-state index in [0.717, 1.165) is 4.88 Å². The zero-order valence-corrected chi connectivity index (χ0v) is 11.6. The lowest BCUT2D eigenvalue weighted by Crippen LogP contribution is -2.28. The van der Waals surface area contributed by atoms with E-state index < -0.39 is 10.0 Å². The first-order valence-electron chi connectivity index (χ1n) is 5.24. The van der Waals surface area contributed by atoms with E-state index in [-0.39, 0.29) is 16.9 Å². The normalized spacial score (nSPS) is 13.7. The highest BCUT2D eigenvalue weighted by molar-refractivity contribution is 7.89. The van der Waals surface area contributed by atoms with Gasteiger partial charge in [-0.3, -0.25) is 0 Å².